The third kappa shape index (κ3) is 4.09. The van der Waals surface area contributed by atoms with E-state index < -0.39 is 35.6 Å². The second kappa shape index (κ2) is 8.14. The van der Waals surface area contributed by atoms with Crippen LogP contribution < -0.4 is 0 Å². The average Bonchev–Trinajstić information content (AvgIpc) is 2.65. The molecule has 0 aromatic carbocycles. The average molecular weight is 486 g/mol. The highest BCUT2D eigenvalue weighted by molar-refractivity contribution is 5.86. The first-order chi connectivity index (χ1) is 14.9. The van der Waals surface area contributed by atoms with Crippen molar-refractivity contribution in [1.29, 1.82) is 0 Å². The summed E-state index contributed by atoms with van der Waals surface area (Å²) >= 11 is 0. The lowest BCUT2D eigenvalue weighted by Gasteiger charge is -2.66. The quantitative estimate of drug-likeness (QED) is 0.290. The topological polar surface area (TPSA) is 55.8 Å². The summed E-state index contributed by atoms with van der Waals surface area (Å²) in [6, 6.07) is 0. The van der Waals surface area contributed by atoms with Crippen LogP contribution in [0.1, 0.15) is 59.8 Å². The number of hydrogen-bond donors (Lipinski definition) is 1. The molecule has 0 aliphatic heterocycles. The van der Waals surface area contributed by atoms with Gasteiger partial charge in [-0.2, -0.15) is 26.3 Å². The highest BCUT2D eigenvalue weighted by Crippen LogP contribution is 2.67. The van der Waals surface area contributed by atoms with E-state index in [-0.39, 0.29) is 41.3 Å². The highest BCUT2D eigenvalue weighted by atomic mass is 19.4. The third-order valence-electron chi connectivity index (χ3n) is 8.19. The summed E-state index contributed by atoms with van der Waals surface area (Å²) in [4.78, 5) is 11.9. The summed E-state index contributed by atoms with van der Waals surface area (Å²) in [5, 5.41) is 9.91. The van der Waals surface area contributed by atoms with E-state index >= 15 is 0 Å². The van der Waals surface area contributed by atoms with Crippen molar-refractivity contribution in [2.24, 2.45) is 29.1 Å². The molecule has 10 heteroatoms. The second-order valence-electron chi connectivity index (χ2n) is 10.7. The molecule has 4 aliphatic rings. The summed E-state index contributed by atoms with van der Waals surface area (Å²) in [5.41, 5.74) is -6.35. The molecule has 4 nitrogen and oxygen atoms in total. The van der Waals surface area contributed by atoms with Crippen LogP contribution in [0.4, 0.5) is 26.3 Å². The van der Waals surface area contributed by atoms with Gasteiger partial charge in [0.05, 0.1) is 12.2 Å². The van der Waals surface area contributed by atoms with Gasteiger partial charge >= 0.3 is 18.3 Å². The molecule has 0 radical (unpaired) electrons. The standard InChI is InChI=1S/C23H32F6O4/c1-12(2)18(30)32-11-19-8-15-6-16(9-19)20(13(3)4,17(7-15)10-19)33-14(5)21(31,22(24,25)26)23(27,28)29/h13-17,31H,1,6-11H2,2-5H3. The Balaban J connectivity index is 1.92. The predicted octanol–water partition coefficient (Wildman–Crippen LogP) is 5.59. The van der Waals surface area contributed by atoms with Crippen molar-refractivity contribution < 1.29 is 45.7 Å². The molecule has 33 heavy (non-hydrogen) atoms. The highest BCUT2D eigenvalue weighted by Gasteiger charge is 2.75. The number of halogens is 6. The fourth-order valence-corrected chi connectivity index (χ4v) is 6.97. The Labute approximate surface area is 189 Å². The van der Waals surface area contributed by atoms with Crippen molar-refractivity contribution in [3.05, 3.63) is 12.2 Å². The zero-order chi connectivity index (χ0) is 25.2. The molecule has 3 atom stereocenters. The Hall–Kier alpha value is -1.29. The third-order valence-corrected chi connectivity index (χ3v) is 8.19. The van der Waals surface area contributed by atoms with Gasteiger partial charge in [-0.15, -0.1) is 0 Å². The van der Waals surface area contributed by atoms with Gasteiger partial charge in [0.25, 0.3) is 5.60 Å². The lowest BCUT2D eigenvalue weighted by Crippen LogP contribution is -2.70. The maximum Gasteiger partial charge on any atom is 0.428 e. The van der Waals surface area contributed by atoms with E-state index in [9.17, 15) is 36.2 Å². The zero-order valence-electron chi connectivity index (χ0n) is 19.3. The number of rotatable bonds is 7. The van der Waals surface area contributed by atoms with Crippen molar-refractivity contribution in [3.63, 3.8) is 0 Å². The molecule has 0 aromatic rings. The van der Waals surface area contributed by atoms with Gasteiger partial charge in [0, 0.05) is 11.0 Å². The van der Waals surface area contributed by atoms with Crippen LogP contribution in [0.2, 0.25) is 0 Å². The molecule has 4 rings (SSSR count). The van der Waals surface area contributed by atoms with Crippen LogP contribution in [0, 0.1) is 29.1 Å². The van der Waals surface area contributed by atoms with Crippen molar-refractivity contribution in [1.82, 2.24) is 0 Å². The van der Waals surface area contributed by atoms with Gasteiger partial charge in [0.15, 0.2) is 0 Å². The molecule has 4 fully saturated rings. The van der Waals surface area contributed by atoms with Gasteiger partial charge in [-0.1, -0.05) is 20.4 Å². The molecule has 1 N–H and O–H groups in total. The van der Waals surface area contributed by atoms with Gasteiger partial charge < -0.3 is 14.6 Å². The maximum atomic E-state index is 13.5. The molecule has 0 aromatic heterocycles. The van der Waals surface area contributed by atoms with E-state index in [1.54, 1.807) is 13.8 Å². The summed E-state index contributed by atoms with van der Waals surface area (Å²) < 4.78 is 92.1. The number of esters is 1. The van der Waals surface area contributed by atoms with Crippen molar-refractivity contribution in [3.8, 4) is 0 Å². The number of ether oxygens (including phenoxy) is 2. The molecular formula is C23H32F6O4. The molecular weight excluding hydrogens is 454 g/mol. The van der Waals surface area contributed by atoms with E-state index in [1.807, 2.05) is 0 Å². The lowest BCUT2D eigenvalue weighted by molar-refractivity contribution is -0.409. The number of aliphatic hydroxyl groups is 1. The Kier molecular flexibility index (Phi) is 6.49. The van der Waals surface area contributed by atoms with Crippen LogP contribution in [-0.4, -0.2) is 47.3 Å². The van der Waals surface area contributed by atoms with E-state index in [4.69, 9.17) is 9.47 Å². The smallest absolute Gasteiger partial charge is 0.428 e. The molecule has 4 bridgehead atoms. The molecule has 4 aliphatic carbocycles. The van der Waals surface area contributed by atoms with Crippen molar-refractivity contribution in [2.45, 2.75) is 89.5 Å². The minimum atomic E-state index is -5.95. The van der Waals surface area contributed by atoms with E-state index in [1.165, 1.54) is 6.92 Å². The minimum Gasteiger partial charge on any atom is -0.462 e. The van der Waals surface area contributed by atoms with Gasteiger partial charge in [-0.3, -0.25) is 0 Å². The Morgan fingerprint density at radius 2 is 1.52 bits per heavy atom. The number of carbonyl (C=O) groups excluding carboxylic acids is 1. The Morgan fingerprint density at radius 1 is 1.03 bits per heavy atom. The number of hydrogen-bond acceptors (Lipinski definition) is 4. The number of alkyl halides is 6. The van der Waals surface area contributed by atoms with Gasteiger partial charge in [0.2, 0.25) is 0 Å². The van der Waals surface area contributed by atoms with Crippen LogP contribution in [0.25, 0.3) is 0 Å². The summed E-state index contributed by atoms with van der Waals surface area (Å²) in [7, 11) is 0. The second-order valence-corrected chi connectivity index (χ2v) is 10.7. The summed E-state index contributed by atoms with van der Waals surface area (Å²) in [6.45, 7) is 9.36. The van der Waals surface area contributed by atoms with Gasteiger partial charge in [0.1, 0.15) is 6.10 Å². The fourth-order valence-electron chi connectivity index (χ4n) is 6.97. The molecule has 3 unspecified atom stereocenters. The molecule has 0 heterocycles. The van der Waals surface area contributed by atoms with E-state index in [2.05, 4.69) is 6.58 Å². The van der Waals surface area contributed by atoms with Crippen LogP contribution in [0.15, 0.2) is 12.2 Å². The fraction of sp³-hybridized carbons (Fsp3) is 0.870. The Bertz CT molecular complexity index is 757. The molecule has 0 saturated heterocycles. The van der Waals surface area contributed by atoms with E-state index in [0.717, 1.165) is 6.42 Å². The van der Waals surface area contributed by atoms with Crippen molar-refractivity contribution in [2.75, 3.05) is 6.61 Å². The summed E-state index contributed by atoms with van der Waals surface area (Å²) in [6.07, 6.45) is -11.5. The van der Waals surface area contributed by atoms with Crippen molar-refractivity contribution >= 4 is 5.97 Å². The first-order valence-electron chi connectivity index (χ1n) is 11.3. The zero-order valence-corrected chi connectivity index (χ0v) is 19.3. The van der Waals surface area contributed by atoms with E-state index in [0.29, 0.717) is 32.6 Å². The van der Waals surface area contributed by atoms with Gasteiger partial charge in [-0.05, 0) is 69.6 Å². The molecule has 0 spiro atoms. The van der Waals surface area contributed by atoms with Crippen LogP contribution in [0.5, 0.6) is 0 Å². The first kappa shape index (κ1) is 26.3. The largest absolute Gasteiger partial charge is 0.462 e. The monoisotopic (exact) mass is 486 g/mol. The summed E-state index contributed by atoms with van der Waals surface area (Å²) in [5.74, 6) is -1.27. The maximum absolute atomic E-state index is 13.5. The lowest BCUT2D eigenvalue weighted by atomic mass is 9.43. The van der Waals surface area contributed by atoms with Crippen LogP contribution >= 0.6 is 0 Å². The SMILES string of the molecule is C=C(C)C(=O)OCC12CC3CC(C1)C(OC(C)C(O)(C(F)(F)F)C(F)(F)F)(C(C)C)C(C3)C2. The first-order valence-corrected chi connectivity index (χ1v) is 11.3. The predicted molar refractivity (Wildman–Crippen MR) is 107 cm³/mol. The molecule has 190 valence electrons. The minimum absolute atomic E-state index is 0.140. The van der Waals surface area contributed by atoms with Gasteiger partial charge in [-0.25, -0.2) is 4.79 Å². The molecule has 0 amide bonds. The molecule has 4 saturated carbocycles. The normalized spacial score (nSPS) is 35.1. The van der Waals surface area contributed by atoms with Crippen LogP contribution in [-0.2, 0) is 14.3 Å². The Morgan fingerprint density at radius 3 is 1.91 bits per heavy atom. The van der Waals surface area contributed by atoms with Crippen LogP contribution in [0.3, 0.4) is 0 Å². The number of carbonyl (C=O) groups is 1.